The summed E-state index contributed by atoms with van der Waals surface area (Å²) in [6, 6.07) is 0. The van der Waals surface area contributed by atoms with Crippen molar-refractivity contribution in [3.63, 3.8) is 0 Å². The molecule has 17 heavy (non-hydrogen) atoms. The molecule has 0 aromatic rings. The average Bonchev–Trinajstić information content (AvgIpc) is 2.92. The molecule has 6 rings (SSSR count). The third-order valence-corrected chi connectivity index (χ3v) is 7.82. The molecule has 6 aliphatic carbocycles. The molecule has 0 aliphatic heterocycles. The van der Waals surface area contributed by atoms with Crippen LogP contribution in [-0.2, 0) is 0 Å². The van der Waals surface area contributed by atoms with E-state index in [2.05, 4.69) is 13.8 Å². The maximum absolute atomic E-state index is 10.6. The summed E-state index contributed by atoms with van der Waals surface area (Å²) < 4.78 is 0. The molecule has 0 saturated heterocycles. The maximum atomic E-state index is 10.6. The first-order valence-corrected chi connectivity index (χ1v) is 7.77. The van der Waals surface area contributed by atoms with Crippen molar-refractivity contribution >= 4 is 0 Å². The Labute approximate surface area is 104 Å². The highest BCUT2D eigenvalue weighted by Crippen LogP contribution is 2.85. The van der Waals surface area contributed by atoms with Crippen LogP contribution in [-0.4, -0.2) is 10.7 Å². The van der Waals surface area contributed by atoms with Crippen molar-refractivity contribution in [1.82, 2.24) is 0 Å². The van der Waals surface area contributed by atoms with E-state index in [1.165, 1.54) is 12.8 Å². The fourth-order valence-electron chi connectivity index (χ4n) is 7.14. The monoisotopic (exact) mass is 232 g/mol. The Balaban J connectivity index is 1.49. The van der Waals surface area contributed by atoms with Gasteiger partial charge in [-0.25, -0.2) is 0 Å². The lowest BCUT2D eigenvalue weighted by molar-refractivity contribution is -0.219. The average molecular weight is 232 g/mol. The van der Waals surface area contributed by atoms with Gasteiger partial charge in [-0.2, -0.15) is 0 Å². The van der Waals surface area contributed by atoms with Gasteiger partial charge in [-0.3, -0.25) is 0 Å². The van der Waals surface area contributed by atoms with Crippen molar-refractivity contribution in [2.45, 2.75) is 51.6 Å². The van der Waals surface area contributed by atoms with Gasteiger partial charge >= 0.3 is 0 Å². The van der Waals surface area contributed by atoms with E-state index in [9.17, 15) is 5.11 Å². The van der Waals surface area contributed by atoms with Crippen molar-refractivity contribution < 1.29 is 5.11 Å². The van der Waals surface area contributed by atoms with Crippen LogP contribution in [0.2, 0.25) is 0 Å². The Morgan fingerprint density at radius 3 is 2.12 bits per heavy atom. The topological polar surface area (TPSA) is 20.2 Å². The van der Waals surface area contributed by atoms with Crippen LogP contribution in [0.3, 0.4) is 0 Å². The maximum Gasteiger partial charge on any atom is 0.0681 e. The summed E-state index contributed by atoms with van der Waals surface area (Å²) in [5.41, 5.74) is 0.330. The summed E-state index contributed by atoms with van der Waals surface area (Å²) in [7, 11) is 0. The minimum atomic E-state index is -0.297. The SMILES string of the molecule is CC(C)C1(O)CC2(C1)C1CC3CC(C1)C1C3C12. The molecule has 1 spiro atoms. The van der Waals surface area contributed by atoms with Crippen LogP contribution in [0.25, 0.3) is 0 Å². The van der Waals surface area contributed by atoms with Gasteiger partial charge in [0.1, 0.15) is 0 Å². The minimum Gasteiger partial charge on any atom is -0.390 e. The largest absolute Gasteiger partial charge is 0.390 e. The van der Waals surface area contributed by atoms with E-state index in [1.807, 2.05) is 0 Å². The lowest BCUT2D eigenvalue weighted by atomic mass is 9.42. The van der Waals surface area contributed by atoms with E-state index >= 15 is 0 Å². The van der Waals surface area contributed by atoms with Crippen molar-refractivity contribution in [2.24, 2.45) is 46.8 Å². The van der Waals surface area contributed by atoms with Crippen LogP contribution in [0.15, 0.2) is 0 Å². The van der Waals surface area contributed by atoms with Gasteiger partial charge < -0.3 is 5.11 Å². The van der Waals surface area contributed by atoms with E-state index < -0.39 is 0 Å². The summed E-state index contributed by atoms with van der Waals surface area (Å²) in [5, 5.41) is 10.6. The molecule has 4 atom stereocenters. The zero-order valence-electron chi connectivity index (χ0n) is 11.0. The second-order valence-corrected chi connectivity index (χ2v) is 8.45. The number of aliphatic hydroxyl groups is 1. The summed E-state index contributed by atoms with van der Waals surface area (Å²) >= 11 is 0. The summed E-state index contributed by atoms with van der Waals surface area (Å²) in [6.07, 6.45) is 6.94. The van der Waals surface area contributed by atoms with Crippen LogP contribution < -0.4 is 0 Å². The fraction of sp³-hybridized carbons (Fsp3) is 1.00. The molecule has 0 amide bonds. The zero-order chi connectivity index (χ0) is 11.6. The Morgan fingerprint density at radius 2 is 1.59 bits per heavy atom. The van der Waals surface area contributed by atoms with Crippen LogP contribution in [0.1, 0.15) is 46.0 Å². The molecule has 0 aromatic heterocycles. The lowest BCUT2D eigenvalue weighted by Gasteiger charge is -2.65. The second kappa shape index (κ2) is 2.48. The normalized spacial score (nSPS) is 69.9. The van der Waals surface area contributed by atoms with Gasteiger partial charge in [0.2, 0.25) is 0 Å². The highest BCUT2D eigenvalue weighted by Gasteiger charge is 2.80. The molecule has 0 aromatic carbocycles. The fourth-order valence-corrected chi connectivity index (χ4v) is 7.14. The third kappa shape index (κ3) is 0.865. The van der Waals surface area contributed by atoms with E-state index in [4.69, 9.17) is 0 Å². The van der Waals surface area contributed by atoms with Gasteiger partial charge in [0.15, 0.2) is 0 Å². The molecule has 94 valence electrons. The first-order valence-electron chi connectivity index (χ1n) is 7.77. The molecule has 4 bridgehead atoms. The minimum absolute atomic E-state index is 0.297. The molecule has 6 aliphatic rings. The Hall–Kier alpha value is -0.0400. The van der Waals surface area contributed by atoms with E-state index in [1.54, 1.807) is 6.42 Å². The highest BCUT2D eigenvalue weighted by molar-refractivity contribution is 5.28. The van der Waals surface area contributed by atoms with Crippen molar-refractivity contribution in [3.8, 4) is 0 Å². The Bertz CT molecular complexity index is 370. The zero-order valence-corrected chi connectivity index (χ0v) is 11.0. The molecule has 6 fully saturated rings. The number of rotatable bonds is 1. The van der Waals surface area contributed by atoms with Gasteiger partial charge in [-0.05, 0) is 78.9 Å². The third-order valence-electron chi connectivity index (χ3n) is 7.82. The van der Waals surface area contributed by atoms with Gasteiger partial charge in [-0.1, -0.05) is 13.8 Å². The Kier molecular flexibility index (Phi) is 1.43. The number of hydrogen-bond donors (Lipinski definition) is 1. The summed E-state index contributed by atoms with van der Waals surface area (Å²) in [4.78, 5) is 0. The first kappa shape index (κ1) is 9.83. The van der Waals surface area contributed by atoms with E-state index in [0.717, 1.165) is 48.3 Å². The first-order chi connectivity index (χ1) is 8.05. The van der Waals surface area contributed by atoms with Crippen molar-refractivity contribution in [3.05, 3.63) is 0 Å². The van der Waals surface area contributed by atoms with E-state index in [-0.39, 0.29) is 5.60 Å². The predicted molar refractivity (Wildman–Crippen MR) is 66.2 cm³/mol. The molecule has 4 unspecified atom stereocenters. The molecule has 1 heteroatoms. The van der Waals surface area contributed by atoms with Crippen LogP contribution >= 0.6 is 0 Å². The van der Waals surface area contributed by atoms with Crippen molar-refractivity contribution in [2.75, 3.05) is 0 Å². The smallest absolute Gasteiger partial charge is 0.0681 e. The molecular formula is C16H24O. The highest BCUT2D eigenvalue weighted by atomic mass is 16.3. The standard InChI is InChI=1S/C16H24O/c1-8(2)16(17)6-15(7-16)11-4-9-3-10(5-11)13-12(9)14(13)15/h8-14,17H,3-7H2,1-2H3. The van der Waals surface area contributed by atoms with Crippen LogP contribution in [0.4, 0.5) is 0 Å². The van der Waals surface area contributed by atoms with Gasteiger partial charge in [0.25, 0.3) is 0 Å². The molecule has 1 nitrogen and oxygen atoms in total. The Morgan fingerprint density at radius 1 is 1.00 bits per heavy atom. The molecule has 1 N–H and O–H groups in total. The van der Waals surface area contributed by atoms with Crippen molar-refractivity contribution in [1.29, 1.82) is 0 Å². The van der Waals surface area contributed by atoms with Gasteiger partial charge in [0, 0.05) is 0 Å². The van der Waals surface area contributed by atoms with Crippen LogP contribution in [0, 0.1) is 46.8 Å². The molecular weight excluding hydrogens is 208 g/mol. The molecule has 0 radical (unpaired) electrons. The van der Waals surface area contributed by atoms with Crippen LogP contribution in [0.5, 0.6) is 0 Å². The molecule has 0 heterocycles. The number of hydrogen-bond acceptors (Lipinski definition) is 1. The predicted octanol–water partition coefficient (Wildman–Crippen LogP) is 3.08. The van der Waals surface area contributed by atoms with E-state index in [0.29, 0.717) is 11.3 Å². The summed E-state index contributed by atoms with van der Waals surface area (Å²) in [6.45, 7) is 4.41. The second-order valence-electron chi connectivity index (χ2n) is 8.45. The van der Waals surface area contributed by atoms with Gasteiger partial charge in [0.05, 0.1) is 5.60 Å². The quantitative estimate of drug-likeness (QED) is 0.736. The van der Waals surface area contributed by atoms with Gasteiger partial charge in [-0.15, -0.1) is 0 Å². The summed E-state index contributed by atoms with van der Waals surface area (Å²) in [5.74, 6) is 7.01. The lowest BCUT2D eigenvalue weighted by Crippen LogP contribution is -2.62. The molecule has 6 saturated carbocycles.